The van der Waals surface area contributed by atoms with Crippen LogP contribution in [0.2, 0.25) is 0 Å². The highest BCUT2D eigenvalue weighted by Crippen LogP contribution is 2.53. The Morgan fingerprint density at radius 2 is 2.38 bits per heavy atom. The van der Waals surface area contributed by atoms with E-state index in [0.717, 1.165) is 13.7 Å². The molecule has 0 aromatic heterocycles. The first-order chi connectivity index (χ1) is 6.11. The Bertz CT molecular complexity index is 166. The predicted molar refractivity (Wildman–Crippen MR) is 72.6 cm³/mol. The third-order valence-corrected chi connectivity index (χ3v) is 7.43. The van der Waals surface area contributed by atoms with E-state index in [1.54, 1.807) is 0 Å². The number of thiol groups is 1. The Hall–Kier alpha value is 1.52. The minimum absolute atomic E-state index is 0.464. The molecule has 1 saturated heterocycles. The number of nitrogens with one attached hydrogen (secondary N) is 1. The van der Waals surface area contributed by atoms with Gasteiger partial charge in [0, 0.05) is 7.93 Å². The molecule has 78 valence electrons. The zero-order valence-corrected chi connectivity index (χ0v) is 12.1. The summed E-state index contributed by atoms with van der Waals surface area (Å²) in [5, 5.41) is 4.14. The second-order valence-corrected chi connectivity index (χ2v) is 8.31. The summed E-state index contributed by atoms with van der Waals surface area (Å²) in [5.41, 5.74) is 0.464. The van der Waals surface area contributed by atoms with Crippen LogP contribution < -0.4 is 5.09 Å². The van der Waals surface area contributed by atoms with Crippen LogP contribution in [0.4, 0.5) is 0 Å². The minimum Gasteiger partial charge on any atom is -0.277 e. The summed E-state index contributed by atoms with van der Waals surface area (Å²) < 4.78 is 0. The zero-order valence-electron chi connectivity index (χ0n) is 8.42. The first-order valence-corrected chi connectivity index (χ1v) is 9.74. The van der Waals surface area contributed by atoms with Gasteiger partial charge in [-0.2, -0.15) is 0 Å². The molecule has 13 heavy (non-hydrogen) atoms. The Kier molecular flexibility index (Phi) is 5.39. The molecule has 1 aliphatic rings. The van der Waals surface area contributed by atoms with Gasteiger partial charge in [0.2, 0.25) is 0 Å². The van der Waals surface area contributed by atoms with Crippen molar-refractivity contribution in [3.63, 3.8) is 0 Å². The van der Waals surface area contributed by atoms with E-state index in [-0.39, 0.29) is 0 Å². The van der Waals surface area contributed by atoms with Crippen molar-refractivity contribution in [2.45, 2.75) is 32.6 Å². The van der Waals surface area contributed by atoms with Gasteiger partial charge < -0.3 is 0 Å². The smallest absolute Gasteiger partial charge is 0.0664 e. The molecule has 1 heterocycles. The quantitative estimate of drug-likeness (QED) is 0.588. The van der Waals surface area contributed by atoms with Crippen LogP contribution in [0.25, 0.3) is 0 Å². The summed E-state index contributed by atoms with van der Waals surface area (Å²) in [6.45, 7) is 7.09. The molecule has 0 aromatic carbocycles. The van der Waals surface area contributed by atoms with Gasteiger partial charge in [0.05, 0.1) is 5.37 Å². The first kappa shape index (κ1) is 12.6. The van der Waals surface area contributed by atoms with Crippen molar-refractivity contribution in [3.05, 3.63) is 0 Å². The lowest BCUT2D eigenvalue weighted by Gasteiger charge is -2.44. The van der Waals surface area contributed by atoms with Crippen LogP contribution in [0.3, 0.4) is 0 Å². The van der Waals surface area contributed by atoms with Crippen LogP contribution >= 0.6 is 39.3 Å². The molecule has 0 saturated carbocycles. The lowest BCUT2D eigenvalue weighted by molar-refractivity contribution is 0.197. The van der Waals surface area contributed by atoms with E-state index < -0.39 is 0 Å². The van der Waals surface area contributed by atoms with E-state index in [1.165, 1.54) is 12.6 Å². The van der Waals surface area contributed by atoms with Crippen molar-refractivity contribution < 1.29 is 0 Å². The third-order valence-electron chi connectivity index (χ3n) is 3.08. The van der Waals surface area contributed by atoms with Gasteiger partial charge in [0.1, 0.15) is 0 Å². The fourth-order valence-electron chi connectivity index (χ4n) is 1.57. The molecule has 5 heteroatoms. The normalized spacial score (nSPS) is 38.1. The Labute approximate surface area is 94.5 Å². The van der Waals surface area contributed by atoms with Gasteiger partial charge in [-0.25, -0.2) is 0 Å². The molecule has 0 radical (unpaired) electrons. The molecule has 1 N–H and O–H groups in total. The molecule has 0 aliphatic carbocycles. The van der Waals surface area contributed by atoms with E-state index in [1.807, 2.05) is 0 Å². The number of hydrogen-bond acceptors (Lipinski definition) is 3. The van der Waals surface area contributed by atoms with Crippen LogP contribution in [0.15, 0.2) is 0 Å². The standard InChI is InChI=1S/C8H19NP2S2/c1-6(2)8(3)4-5-10-13-7(8)9-11-12/h6-7,9-12H,4-5H2,1-3H3. The Morgan fingerprint density at radius 3 is 2.92 bits per heavy atom. The summed E-state index contributed by atoms with van der Waals surface area (Å²) in [4.78, 5) is 0. The van der Waals surface area contributed by atoms with Gasteiger partial charge in [-0.05, 0) is 23.9 Å². The van der Waals surface area contributed by atoms with Crippen LogP contribution in [-0.2, 0) is 0 Å². The van der Waals surface area contributed by atoms with E-state index in [2.05, 4.69) is 49.5 Å². The van der Waals surface area contributed by atoms with E-state index in [9.17, 15) is 0 Å². The maximum Gasteiger partial charge on any atom is 0.0664 e. The molecule has 4 atom stereocenters. The fourth-order valence-corrected chi connectivity index (χ4v) is 7.16. The maximum atomic E-state index is 4.28. The van der Waals surface area contributed by atoms with E-state index in [0.29, 0.717) is 18.7 Å². The molecule has 0 bridgehead atoms. The van der Waals surface area contributed by atoms with Gasteiger partial charge in [-0.1, -0.05) is 28.6 Å². The molecule has 1 rings (SSSR count). The highest BCUT2D eigenvalue weighted by Gasteiger charge is 2.39. The van der Waals surface area contributed by atoms with Crippen molar-refractivity contribution in [1.29, 1.82) is 0 Å². The third kappa shape index (κ3) is 2.98. The number of rotatable bonds is 3. The van der Waals surface area contributed by atoms with Crippen molar-refractivity contribution in [1.82, 2.24) is 5.09 Å². The molecule has 0 spiro atoms. The van der Waals surface area contributed by atoms with Crippen molar-refractivity contribution in [2.24, 2.45) is 11.3 Å². The first-order valence-electron chi connectivity index (χ1n) is 4.64. The fraction of sp³-hybridized carbons (Fsp3) is 1.00. The Morgan fingerprint density at radius 1 is 1.69 bits per heavy atom. The maximum absolute atomic E-state index is 4.28. The number of hydrogen-bond donors (Lipinski definition) is 2. The van der Waals surface area contributed by atoms with Crippen molar-refractivity contribution >= 4 is 39.3 Å². The van der Waals surface area contributed by atoms with Crippen LogP contribution in [0.5, 0.6) is 0 Å². The molecule has 0 amide bonds. The van der Waals surface area contributed by atoms with Gasteiger partial charge in [0.15, 0.2) is 0 Å². The second kappa shape index (κ2) is 5.56. The second-order valence-electron chi connectivity index (χ2n) is 4.06. The lowest BCUT2D eigenvalue weighted by atomic mass is 9.76. The highest BCUT2D eigenvalue weighted by atomic mass is 32.7. The molecule has 0 aromatic rings. The minimum atomic E-state index is 0.464. The predicted octanol–water partition coefficient (Wildman–Crippen LogP) is 3.73. The average Bonchev–Trinajstić information content (AvgIpc) is 2.09. The van der Waals surface area contributed by atoms with E-state index >= 15 is 0 Å². The summed E-state index contributed by atoms with van der Waals surface area (Å²) >= 11 is 6.38. The molecular weight excluding hydrogens is 236 g/mol. The van der Waals surface area contributed by atoms with Gasteiger partial charge >= 0.3 is 0 Å². The average molecular weight is 255 g/mol. The summed E-state index contributed by atoms with van der Waals surface area (Å²) in [6, 6.07) is 0. The van der Waals surface area contributed by atoms with Crippen molar-refractivity contribution in [2.75, 3.05) is 6.16 Å². The van der Waals surface area contributed by atoms with Crippen LogP contribution in [-0.4, -0.2) is 11.5 Å². The summed E-state index contributed by atoms with van der Waals surface area (Å²) in [5.74, 6) is 0.757. The van der Waals surface area contributed by atoms with Crippen LogP contribution in [0, 0.1) is 11.3 Å². The molecule has 1 fully saturated rings. The van der Waals surface area contributed by atoms with Gasteiger partial charge in [0.25, 0.3) is 0 Å². The SMILES string of the molecule is CC(C)C1(C)CCPSC1NPS. The van der Waals surface area contributed by atoms with Gasteiger partial charge in [-0.15, -0.1) is 23.6 Å². The Balaban J connectivity index is 2.65. The van der Waals surface area contributed by atoms with Crippen LogP contribution in [0.1, 0.15) is 27.2 Å². The summed E-state index contributed by atoms with van der Waals surface area (Å²) in [6.07, 6.45) is 2.76. The van der Waals surface area contributed by atoms with Crippen molar-refractivity contribution in [3.8, 4) is 0 Å². The molecule has 4 unspecified atom stereocenters. The molecule has 1 nitrogen and oxygen atoms in total. The lowest BCUT2D eigenvalue weighted by Crippen LogP contribution is -2.42. The highest BCUT2D eigenvalue weighted by molar-refractivity contribution is 8.50. The molecular formula is C8H19NP2S2. The topological polar surface area (TPSA) is 12.0 Å². The zero-order chi connectivity index (χ0) is 9.90. The van der Waals surface area contributed by atoms with Gasteiger partial charge in [-0.3, -0.25) is 5.09 Å². The van der Waals surface area contributed by atoms with E-state index in [4.69, 9.17) is 0 Å². The summed E-state index contributed by atoms with van der Waals surface area (Å²) in [7, 11) is 1.65. The monoisotopic (exact) mass is 255 g/mol. The largest absolute Gasteiger partial charge is 0.277 e. The molecule has 1 aliphatic heterocycles.